The van der Waals surface area contributed by atoms with Crippen LogP contribution < -0.4 is 4.90 Å². The molecule has 0 spiro atoms. The van der Waals surface area contributed by atoms with Crippen LogP contribution in [0.25, 0.3) is 0 Å². The standard InChI is InChI=1S/C11H15ClN2O2S/c12-10-1-3-11(4-2-10)14-7-5-13(6-8-14)9-17(15)16/h1-4,17H,5-9H2. The number of hydrogen-bond donors (Lipinski definition) is 1. The first-order valence-electron chi connectivity index (χ1n) is 5.50. The summed E-state index contributed by atoms with van der Waals surface area (Å²) in [6.07, 6.45) is 0. The van der Waals surface area contributed by atoms with E-state index in [0.717, 1.165) is 36.9 Å². The molecule has 0 N–H and O–H groups in total. The van der Waals surface area contributed by atoms with Gasteiger partial charge in [0.05, 0.1) is 5.88 Å². The van der Waals surface area contributed by atoms with Gasteiger partial charge >= 0.3 is 0 Å². The normalized spacial score (nSPS) is 17.6. The van der Waals surface area contributed by atoms with Crippen molar-refractivity contribution in [3.05, 3.63) is 29.3 Å². The average molecular weight is 275 g/mol. The molecule has 1 aromatic carbocycles. The lowest BCUT2D eigenvalue weighted by atomic mass is 10.2. The summed E-state index contributed by atoms with van der Waals surface area (Å²) in [5, 5.41) is 0.732. The zero-order valence-corrected chi connectivity index (χ0v) is 11.0. The summed E-state index contributed by atoms with van der Waals surface area (Å²) in [7, 11) is -2.31. The number of thiol groups is 1. The SMILES string of the molecule is O=[SH](=O)CN1CCN(c2ccc(Cl)cc2)CC1. The third-order valence-corrected chi connectivity index (χ3v) is 3.76. The van der Waals surface area contributed by atoms with Gasteiger partial charge in [-0.1, -0.05) is 11.6 Å². The zero-order chi connectivity index (χ0) is 12.3. The lowest BCUT2D eigenvalue weighted by Crippen LogP contribution is -2.46. The molecule has 17 heavy (non-hydrogen) atoms. The Morgan fingerprint density at radius 2 is 1.65 bits per heavy atom. The van der Waals surface area contributed by atoms with E-state index in [1.807, 2.05) is 29.2 Å². The predicted octanol–water partition coefficient (Wildman–Crippen LogP) is 1.03. The molecule has 6 heteroatoms. The zero-order valence-electron chi connectivity index (χ0n) is 9.38. The monoisotopic (exact) mass is 274 g/mol. The first-order chi connectivity index (χ1) is 8.15. The number of rotatable bonds is 3. The number of benzene rings is 1. The van der Waals surface area contributed by atoms with Gasteiger partial charge < -0.3 is 4.90 Å². The highest BCUT2D eigenvalue weighted by Gasteiger charge is 2.17. The van der Waals surface area contributed by atoms with Gasteiger partial charge in [0.25, 0.3) is 0 Å². The van der Waals surface area contributed by atoms with Crippen LogP contribution in [0.2, 0.25) is 5.02 Å². The fraction of sp³-hybridized carbons (Fsp3) is 0.455. The van der Waals surface area contributed by atoms with Crippen LogP contribution in [0.5, 0.6) is 0 Å². The summed E-state index contributed by atoms with van der Waals surface area (Å²) >= 11 is 5.84. The summed E-state index contributed by atoms with van der Waals surface area (Å²) in [6.45, 7) is 3.27. The minimum absolute atomic E-state index is 0.170. The Labute approximate surface area is 108 Å². The molecule has 0 amide bonds. The Balaban J connectivity index is 1.92. The molecule has 0 atom stereocenters. The molecule has 94 valence electrons. The van der Waals surface area contributed by atoms with Crippen LogP contribution in [-0.4, -0.2) is 45.4 Å². The molecule has 1 aliphatic heterocycles. The van der Waals surface area contributed by atoms with Crippen molar-refractivity contribution in [1.29, 1.82) is 0 Å². The summed E-state index contributed by atoms with van der Waals surface area (Å²) < 4.78 is 21.2. The van der Waals surface area contributed by atoms with Crippen molar-refractivity contribution in [3.8, 4) is 0 Å². The quantitative estimate of drug-likeness (QED) is 0.836. The maximum absolute atomic E-state index is 10.6. The van der Waals surface area contributed by atoms with E-state index in [2.05, 4.69) is 4.90 Å². The number of halogens is 1. The molecule has 0 aliphatic carbocycles. The minimum atomic E-state index is -2.31. The van der Waals surface area contributed by atoms with Crippen molar-refractivity contribution < 1.29 is 8.42 Å². The topological polar surface area (TPSA) is 40.6 Å². The van der Waals surface area contributed by atoms with E-state index >= 15 is 0 Å². The van der Waals surface area contributed by atoms with E-state index in [1.54, 1.807) is 0 Å². The molecule has 0 saturated carbocycles. The highest BCUT2D eigenvalue weighted by Crippen LogP contribution is 2.19. The van der Waals surface area contributed by atoms with Crippen molar-refractivity contribution in [2.45, 2.75) is 0 Å². The molecule has 1 saturated heterocycles. The van der Waals surface area contributed by atoms with Crippen molar-refractivity contribution >= 4 is 28.0 Å². The van der Waals surface area contributed by atoms with E-state index in [4.69, 9.17) is 11.6 Å². The fourth-order valence-electron chi connectivity index (χ4n) is 1.96. The third-order valence-electron chi connectivity index (χ3n) is 2.88. The molecule has 1 fully saturated rings. The molecule has 0 aromatic heterocycles. The number of nitrogens with zero attached hydrogens (tertiary/aromatic N) is 2. The Morgan fingerprint density at radius 1 is 1.06 bits per heavy atom. The Hall–Kier alpha value is -0.780. The molecule has 0 radical (unpaired) electrons. The van der Waals surface area contributed by atoms with Crippen molar-refractivity contribution in [1.82, 2.24) is 4.90 Å². The van der Waals surface area contributed by atoms with E-state index in [9.17, 15) is 8.42 Å². The maximum Gasteiger partial charge on any atom is 0.153 e. The number of piperazine rings is 1. The van der Waals surface area contributed by atoms with Crippen LogP contribution in [0.15, 0.2) is 24.3 Å². The highest BCUT2D eigenvalue weighted by atomic mass is 35.5. The summed E-state index contributed by atoms with van der Waals surface area (Å²) in [5.41, 5.74) is 1.14. The van der Waals surface area contributed by atoms with Crippen LogP contribution >= 0.6 is 11.6 Å². The molecule has 1 aromatic rings. The van der Waals surface area contributed by atoms with Crippen LogP contribution in [0.3, 0.4) is 0 Å². The van der Waals surface area contributed by atoms with Gasteiger partial charge in [-0.15, -0.1) is 0 Å². The second-order valence-electron chi connectivity index (χ2n) is 4.06. The minimum Gasteiger partial charge on any atom is -0.369 e. The van der Waals surface area contributed by atoms with Gasteiger partial charge in [0.1, 0.15) is 0 Å². The molecule has 0 unspecified atom stereocenters. The van der Waals surface area contributed by atoms with Crippen LogP contribution in [0, 0.1) is 0 Å². The van der Waals surface area contributed by atoms with Gasteiger partial charge in [-0.25, -0.2) is 8.42 Å². The van der Waals surface area contributed by atoms with Crippen molar-refractivity contribution in [3.63, 3.8) is 0 Å². The van der Waals surface area contributed by atoms with Crippen LogP contribution in [0.4, 0.5) is 5.69 Å². The molecule has 1 heterocycles. The maximum atomic E-state index is 10.6. The van der Waals surface area contributed by atoms with Gasteiger partial charge in [0.15, 0.2) is 10.7 Å². The molecular formula is C11H15ClN2O2S. The van der Waals surface area contributed by atoms with E-state index < -0.39 is 10.7 Å². The number of anilines is 1. The molecular weight excluding hydrogens is 260 g/mol. The molecule has 1 aliphatic rings. The van der Waals surface area contributed by atoms with Crippen molar-refractivity contribution in [2.24, 2.45) is 0 Å². The summed E-state index contributed by atoms with van der Waals surface area (Å²) in [4.78, 5) is 4.20. The van der Waals surface area contributed by atoms with E-state index in [-0.39, 0.29) is 5.88 Å². The van der Waals surface area contributed by atoms with E-state index in [1.165, 1.54) is 0 Å². The third kappa shape index (κ3) is 3.59. The molecule has 0 bridgehead atoms. The Bertz CT molecular complexity index is 431. The van der Waals surface area contributed by atoms with Gasteiger partial charge in [0, 0.05) is 36.9 Å². The fourth-order valence-corrected chi connectivity index (χ4v) is 2.70. The first kappa shape index (κ1) is 12.7. The Kier molecular flexibility index (Phi) is 4.25. The van der Waals surface area contributed by atoms with Gasteiger partial charge in [-0.3, -0.25) is 4.90 Å². The van der Waals surface area contributed by atoms with E-state index in [0.29, 0.717) is 0 Å². The second-order valence-corrected chi connectivity index (χ2v) is 5.44. The summed E-state index contributed by atoms with van der Waals surface area (Å²) in [5.74, 6) is 0.170. The lowest BCUT2D eigenvalue weighted by molar-refractivity contribution is 0.296. The van der Waals surface area contributed by atoms with Gasteiger partial charge in [-0.2, -0.15) is 0 Å². The largest absolute Gasteiger partial charge is 0.369 e. The Morgan fingerprint density at radius 3 is 2.18 bits per heavy atom. The van der Waals surface area contributed by atoms with Crippen LogP contribution in [-0.2, 0) is 10.7 Å². The first-order valence-corrected chi connectivity index (χ1v) is 7.24. The predicted molar refractivity (Wildman–Crippen MR) is 70.4 cm³/mol. The number of hydrogen-bond acceptors (Lipinski definition) is 4. The highest BCUT2D eigenvalue weighted by molar-refractivity contribution is 7.72. The lowest BCUT2D eigenvalue weighted by Gasteiger charge is -2.35. The smallest absolute Gasteiger partial charge is 0.153 e. The molecule has 4 nitrogen and oxygen atoms in total. The molecule has 2 rings (SSSR count). The van der Waals surface area contributed by atoms with Crippen LogP contribution in [0.1, 0.15) is 0 Å². The van der Waals surface area contributed by atoms with Gasteiger partial charge in [0.2, 0.25) is 0 Å². The van der Waals surface area contributed by atoms with Crippen molar-refractivity contribution in [2.75, 3.05) is 37.0 Å². The average Bonchev–Trinajstić information content (AvgIpc) is 2.30. The van der Waals surface area contributed by atoms with Gasteiger partial charge in [-0.05, 0) is 24.3 Å². The second kappa shape index (κ2) is 5.71. The summed E-state index contributed by atoms with van der Waals surface area (Å²) in [6, 6.07) is 7.73.